The van der Waals surface area contributed by atoms with Gasteiger partial charge >= 0.3 is 0 Å². The second-order valence-corrected chi connectivity index (χ2v) is 5.66. The molecule has 0 radical (unpaired) electrons. The van der Waals surface area contributed by atoms with E-state index in [9.17, 15) is 14.4 Å². The van der Waals surface area contributed by atoms with E-state index < -0.39 is 10.9 Å². The third-order valence-electron chi connectivity index (χ3n) is 4.08. The minimum atomic E-state index is -0.463. The summed E-state index contributed by atoms with van der Waals surface area (Å²) in [6.45, 7) is 5.31. The molecule has 0 spiro atoms. The fourth-order valence-corrected chi connectivity index (χ4v) is 2.78. The van der Waals surface area contributed by atoms with Gasteiger partial charge in [0.25, 0.3) is 10.9 Å². The van der Waals surface area contributed by atoms with Crippen LogP contribution in [0, 0.1) is 6.92 Å². The van der Waals surface area contributed by atoms with Crippen LogP contribution in [-0.2, 0) is 11.3 Å². The molecule has 1 fully saturated rings. The number of aryl methyl sites for hydroxylation is 1. The number of aromatic nitrogens is 2. The first-order chi connectivity index (χ1) is 11.1. The van der Waals surface area contributed by atoms with Crippen LogP contribution < -0.4 is 21.1 Å². The first-order valence-electron chi connectivity index (χ1n) is 7.61. The number of nitrogens with one attached hydrogen (secondary N) is 1. The molecule has 0 saturated carbocycles. The van der Waals surface area contributed by atoms with Gasteiger partial charge in [-0.3, -0.25) is 19.1 Å². The van der Waals surface area contributed by atoms with E-state index in [1.54, 1.807) is 9.58 Å². The van der Waals surface area contributed by atoms with E-state index in [-0.39, 0.29) is 0 Å². The SMILES string of the molecule is Cc1ccn(CCNc2c(N3CCN(C=O)CC3)c(=O)c2=O)n1. The van der Waals surface area contributed by atoms with Crippen molar-refractivity contribution in [3.05, 3.63) is 38.4 Å². The number of nitrogens with zero attached hydrogens (tertiary/aromatic N) is 4. The molecule has 2 aromatic rings. The highest BCUT2D eigenvalue weighted by molar-refractivity contribution is 5.75. The van der Waals surface area contributed by atoms with E-state index in [2.05, 4.69) is 10.4 Å². The van der Waals surface area contributed by atoms with Crippen molar-refractivity contribution in [3.8, 4) is 0 Å². The predicted octanol–water partition coefficient (Wildman–Crippen LogP) is -0.822. The quantitative estimate of drug-likeness (QED) is 0.553. The Balaban J connectivity index is 1.62. The summed E-state index contributed by atoms with van der Waals surface area (Å²) in [5.41, 5.74) is 0.875. The van der Waals surface area contributed by atoms with Crippen LogP contribution in [-0.4, -0.2) is 53.8 Å². The van der Waals surface area contributed by atoms with Gasteiger partial charge in [0.1, 0.15) is 11.4 Å². The molecule has 8 nitrogen and oxygen atoms in total. The van der Waals surface area contributed by atoms with Gasteiger partial charge in [-0.05, 0) is 13.0 Å². The van der Waals surface area contributed by atoms with Gasteiger partial charge in [0.05, 0.1) is 12.2 Å². The maximum Gasteiger partial charge on any atom is 0.253 e. The lowest BCUT2D eigenvalue weighted by molar-refractivity contribution is -0.118. The zero-order valence-corrected chi connectivity index (χ0v) is 13.0. The van der Waals surface area contributed by atoms with Crippen LogP contribution in [0.3, 0.4) is 0 Å². The van der Waals surface area contributed by atoms with Crippen LogP contribution in [0.15, 0.2) is 21.9 Å². The van der Waals surface area contributed by atoms with Gasteiger partial charge in [-0.15, -0.1) is 0 Å². The highest BCUT2D eigenvalue weighted by Gasteiger charge is 2.27. The molecule has 0 aliphatic carbocycles. The zero-order chi connectivity index (χ0) is 16.4. The van der Waals surface area contributed by atoms with Crippen molar-refractivity contribution >= 4 is 17.8 Å². The monoisotopic (exact) mass is 317 g/mol. The molecule has 1 aliphatic rings. The Hall–Kier alpha value is -2.64. The topological polar surface area (TPSA) is 87.5 Å². The largest absolute Gasteiger partial charge is 0.378 e. The summed E-state index contributed by atoms with van der Waals surface area (Å²) in [5.74, 6) is 0. The molecular formula is C15H19N5O3. The lowest BCUT2D eigenvalue weighted by atomic mass is 10.1. The smallest absolute Gasteiger partial charge is 0.253 e. The van der Waals surface area contributed by atoms with E-state index in [0.29, 0.717) is 50.6 Å². The van der Waals surface area contributed by atoms with Gasteiger partial charge in [0.15, 0.2) is 0 Å². The second kappa shape index (κ2) is 6.23. The molecule has 1 saturated heterocycles. The molecule has 1 N–H and O–H groups in total. The lowest BCUT2D eigenvalue weighted by Crippen LogP contribution is -2.51. The normalized spacial score (nSPS) is 15.2. The van der Waals surface area contributed by atoms with Gasteiger partial charge < -0.3 is 15.1 Å². The van der Waals surface area contributed by atoms with Crippen molar-refractivity contribution in [1.82, 2.24) is 14.7 Å². The Kier molecular flexibility index (Phi) is 4.14. The van der Waals surface area contributed by atoms with Gasteiger partial charge in [0.2, 0.25) is 6.41 Å². The molecule has 1 aromatic heterocycles. The van der Waals surface area contributed by atoms with Crippen LogP contribution in [0.4, 0.5) is 11.4 Å². The second-order valence-electron chi connectivity index (χ2n) is 5.66. The minimum Gasteiger partial charge on any atom is -0.378 e. The molecule has 0 atom stereocenters. The summed E-state index contributed by atoms with van der Waals surface area (Å²) < 4.78 is 1.79. The Morgan fingerprint density at radius 1 is 1.22 bits per heavy atom. The van der Waals surface area contributed by atoms with E-state index in [1.165, 1.54) is 0 Å². The van der Waals surface area contributed by atoms with Crippen LogP contribution in [0.1, 0.15) is 5.69 Å². The molecule has 0 unspecified atom stereocenters. The van der Waals surface area contributed by atoms with E-state index >= 15 is 0 Å². The van der Waals surface area contributed by atoms with Crippen molar-refractivity contribution in [3.63, 3.8) is 0 Å². The lowest BCUT2D eigenvalue weighted by Gasteiger charge is -2.35. The number of amides is 1. The van der Waals surface area contributed by atoms with Crippen LogP contribution in [0.2, 0.25) is 0 Å². The van der Waals surface area contributed by atoms with Gasteiger partial charge in [-0.2, -0.15) is 5.10 Å². The summed E-state index contributed by atoms with van der Waals surface area (Å²) in [6, 6.07) is 1.91. The summed E-state index contributed by atoms with van der Waals surface area (Å²) in [5, 5.41) is 7.32. The average Bonchev–Trinajstić information content (AvgIpc) is 2.99. The van der Waals surface area contributed by atoms with Crippen LogP contribution in [0.5, 0.6) is 0 Å². The number of carbonyl (C=O) groups is 1. The summed E-state index contributed by atoms with van der Waals surface area (Å²) >= 11 is 0. The number of hydrogen-bond acceptors (Lipinski definition) is 6. The maximum atomic E-state index is 11.9. The Bertz CT molecular complexity index is 766. The summed E-state index contributed by atoms with van der Waals surface area (Å²) in [6.07, 6.45) is 2.68. The Morgan fingerprint density at radius 3 is 2.57 bits per heavy atom. The summed E-state index contributed by atoms with van der Waals surface area (Å²) in [4.78, 5) is 37.9. The fraction of sp³-hybridized carbons (Fsp3) is 0.467. The molecule has 2 heterocycles. The Labute approximate surface area is 133 Å². The molecule has 1 aromatic carbocycles. The molecule has 1 amide bonds. The van der Waals surface area contributed by atoms with Gasteiger partial charge in [-0.25, -0.2) is 0 Å². The Morgan fingerprint density at radius 2 is 1.96 bits per heavy atom. The van der Waals surface area contributed by atoms with Gasteiger partial charge in [0, 0.05) is 38.9 Å². The van der Waals surface area contributed by atoms with Crippen molar-refractivity contribution in [1.29, 1.82) is 0 Å². The van der Waals surface area contributed by atoms with Crippen molar-refractivity contribution in [2.45, 2.75) is 13.5 Å². The van der Waals surface area contributed by atoms with Crippen molar-refractivity contribution in [2.75, 3.05) is 42.9 Å². The first-order valence-corrected chi connectivity index (χ1v) is 7.61. The zero-order valence-electron chi connectivity index (χ0n) is 13.0. The molecule has 23 heavy (non-hydrogen) atoms. The fourth-order valence-electron chi connectivity index (χ4n) is 2.78. The number of piperazine rings is 1. The van der Waals surface area contributed by atoms with Crippen LogP contribution >= 0.6 is 0 Å². The molecular weight excluding hydrogens is 298 g/mol. The van der Waals surface area contributed by atoms with Crippen LogP contribution in [0.25, 0.3) is 0 Å². The van der Waals surface area contributed by atoms with E-state index in [4.69, 9.17) is 0 Å². The van der Waals surface area contributed by atoms with Crippen molar-refractivity contribution in [2.24, 2.45) is 0 Å². The molecule has 122 valence electrons. The molecule has 0 bridgehead atoms. The highest BCUT2D eigenvalue weighted by Crippen LogP contribution is 2.21. The standard InChI is InChI=1S/C15H19N5O3/c1-11-2-4-20(17-11)5-3-16-12-13(15(23)14(12)22)19-8-6-18(10-21)7-9-19/h2,4,10,16H,3,5-9H2,1H3. The summed E-state index contributed by atoms with van der Waals surface area (Å²) in [7, 11) is 0. The first kappa shape index (κ1) is 15.3. The van der Waals surface area contributed by atoms with E-state index in [0.717, 1.165) is 12.1 Å². The molecule has 1 aliphatic heterocycles. The number of carbonyl (C=O) groups excluding carboxylic acids is 1. The number of hydrogen-bond donors (Lipinski definition) is 1. The molecule has 3 rings (SSSR count). The average molecular weight is 317 g/mol. The third kappa shape index (κ3) is 2.96. The predicted molar refractivity (Wildman–Crippen MR) is 86.7 cm³/mol. The van der Waals surface area contributed by atoms with E-state index in [1.807, 2.05) is 24.1 Å². The molecule has 8 heteroatoms. The maximum absolute atomic E-state index is 11.9. The van der Waals surface area contributed by atoms with Gasteiger partial charge in [-0.1, -0.05) is 0 Å². The number of anilines is 2. The number of rotatable bonds is 6. The highest BCUT2D eigenvalue weighted by atomic mass is 16.2. The van der Waals surface area contributed by atoms with Crippen molar-refractivity contribution < 1.29 is 4.79 Å². The third-order valence-corrected chi connectivity index (χ3v) is 4.08. The minimum absolute atomic E-state index is 0.387.